The van der Waals surface area contributed by atoms with Gasteiger partial charge in [0.25, 0.3) is 6.43 Å². The van der Waals surface area contributed by atoms with Crippen LogP contribution in [0.1, 0.15) is 12.0 Å². The van der Waals surface area contributed by atoms with Crippen LogP contribution in [0, 0.1) is 5.38 Å². The van der Waals surface area contributed by atoms with Gasteiger partial charge in [0.2, 0.25) is 0 Å². The number of benzene rings is 1. The fraction of sp³-hybridized carbons (Fsp3) is 0.0909. The van der Waals surface area contributed by atoms with Crippen LogP contribution in [0.25, 0.3) is 11.1 Å². The van der Waals surface area contributed by atoms with E-state index < -0.39 is 6.43 Å². The van der Waals surface area contributed by atoms with Gasteiger partial charge in [-0.25, -0.2) is 8.78 Å². The molecule has 0 aliphatic carbocycles. The number of hydrogen-bond donors (Lipinski definition) is 0. The van der Waals surface area contributed by atoms with E-state index in [2.05, 4.69) is 5.38 Å². The van der Waals surface area contributed by atoms with Crippen molar-refractivity contribution in [3.8, 4) is 11.1 Å². The average Bonchev–Trinajstić information content (AvgIpc) is 2.67. The molecule has 1 aromatic heterocycles. The maximum absolute atomic E-state index is 12.6. The number of hydrogen-bond acceptors (Lipinski definition) is 1. The summed E-state index contributed by atoms with van der Waals surface area (Å²) >= 11 is 7.07. The van der Waals surface area contributed by atoms with E-state index in [1.165, 1.54) is 0 Å². The van der Waals surface area contributed by atoms with E-state index in [0.717, 1.165) is 11.3 Å². The van der Waals surface area contributed by atoms with Gasteiger partial charge in [-0.05, 0) is 11.4 Å². The summed E-state index contributed by atoms with van der Waals surface area (Å²) in [6.07, 6.45) is -2.51. The number of alkyl halides is 2. The molecule has 2 aromatic rings. The Hall–Kier alpha value is -0.930. The van der Waals surface area contributed by atoms with Gasteiger partial charge in [0, 0.05) is 21.7 Å². The van der Waals surface area contributed by atoms with E-state index in [0.29, 0.717) is 16.1 Å². The molecule has 0 bridgehead atoms. The monoisotopic (exact) mass is 243 g/mol. The van der Waals surface area contributed by atoms with Crippen molar-refractivity contribution >= 4 is 22.9 Å². The molecule has 15 heavy (non-hydrogen) atoms. The molecule has 0 fully saturated rings. The Labute approximate surface area is 95.1 Å². The van der Waals surface area contributed by atoms with Crippen LogP contribution in [-0.2, 0) is 0 Å². The van der Waals surface area contributed by atoms with Crippen molar-refractivity contribution < 1.29 is 8.78 Å². The van der Waals surface area contributed by atoms with E-state index >= 15 is 0 Å². The zero-order chi connectivity index (χ0) is 10.8. The summed E-state index contributed by atoms with van der Waals surface area (Å²) in [7, 11) is 0. The molecule has 1 heterocycles. The molecule has 0 unspecified atom stereocenters. The Kier molecular flexibility index (Phi) is 3.03. The summed E-state index contributed by atoms with van der Waals surface area (Å²) in [4.78, 5) is 0. The lowest BCUT2D eigenvalue weighted by molar-refractivity contribution is 0.152. The summed E-state index contributed by atoms with van der Waals surface area (Å²) in [5.74, 6) is 0. The highest BCUT2D eigenvalue weighted by Gasteiger charge is 2.16. The molecule has 0 saturated heterocycles. The summed E-state index contributed by atoms with van der Waals surface area (Å²) < 4.78 is 25.2. The maximum atomic E-state index is 12.6. The SMILES string of the molecule is FC(F)c1[c]scc1-c1ccccc1Cl. The highest BCUT2D eigenvalue weighted by Crippen LogP contribution is 2.36. The first-order chi connectivity index (χ1) is 7.20. The van der Waals surface area contributed by atoms with E-state index in [1.54, 1.807) is 29.6 Å². The van der Waals surface area contributed by atoms with Crippen LogP contribution in [0.15, 0.2) is 29.6 Å². The molecule has 0 amide bonds. The zero-order valence-corrected chi connectivity index (χ0v) is 9.08. The van der Waals surface area contributed by atoms with Crippen molar-refractivity contribution in [3.05, 3.63) is 45.6 Å². The number of thiophene rings is 1. The van der Waals surface area contributed by atoms with Crippen molar-refractivity contribution in [2.24, 2.45) is 0 Å². The van der Waals surface area contributed by atoms with Crippen molar-refractivity contribution in [1.82, 2.24) is 0 Å². The number of halogens is 3. The topological polar surface area (TPSA) is 0 Å². The first kappa shape index (κ1) is 10.6. The van der Waals surface area contributed by atoms with Gasteiger partial charge in [-0.1, -0.05) is 29.8 Å². The standard InChI is InChI=1S/C11H6ClF2S/c12-10-4-2-1-3-7(10)8-5-15-6-9(8)11(13)14/h1-5,11H. The lowest BCUT2D eigenvalue weighted by Gasteiger charge is -2.04. The van der Waals surface area contributed by atoms with Gasteiger partial charge in [-0.15, -0.1) is 11.3 Å². The minimum Gasteiger partial charge on any atom is -0.205 e. The van der Waals surface area contributed by atoms with Crippen LogP contribution in [-0.4, -0.2) is 0 Å². The lowest BCUT2D eigenvalue weighted by Crippen LogP contribution is -1.85. The van der Waals surface area contributed by atoms with Crippen LogP contribution < -0.4 is 0 Å². The summed E-state index contributed by atoms with van der Waals surface area (Å²) in [5.41, 5.74) is 1.03. The van der Waals surface area contributed by atoms with Crippen LogP contribution in [0.2, 0.25) is 5.02 Å². The first-order valence-electron chi connectivity index (χ1n) is 4.22. The first-order valence-corrected chi connectivity index (χ1v) is 5.48. The Morgan fingerprint density at radius 1 is 1.20 bits per heavy atom. The van der Waals surface area contributed by atoms with E-state index in [-0.39, 0.29) is 5.56 Å². The minimum atomic E-state index is -2.51. The molecule has 0 saturated carbocycles. The van der Waals surface area contributed by atoms with Crippen molar-refractivity contribution in [1.29, 1.82) is 0 Å². The molecule has 0 spiro atoms. The average molecular weight is 244 g/mol. The largest absolute Gasteiger partial charge is 0.265 e. The third-order valence-electron chi connectivity index (χ3n) is 2.02. The molecule has 77 valence electrons. The number of rotatable bonds is 2. The molecule has 0 nitrogen and oxygen atoms in total. The Balaban J connectivity index is 2.55. The second-order valence-corrected chi connectivity index (χ2v) is 4.03. The van der Waals surface area contributed by atoms with E-state index in [4.69, 9.17) is 11.6 Å². The second-order valence-electron chi connectivity index (χ2n) is 2.95. The minimum absolute atomic E-state index is 0.0758. The van der Waals surface area contributed by atoms with Crippen molar-refractivity contribution in [2.75, 3.05) is 0 Å². The quantitative estimate of drug-likeness (QED) is 0.710. The molecule has 1 radical (unpaired) electrons. The van der Waals surface area contributed by atoms with Gasteiger partial charge in [-0.3, -0.25) is 0 Å². The molecular weight excluding hydrogens is 238 g/mol. The predicted octanol–water partition coefficient (Wildman–Crippen LogP) is 4.81. The zero-order valence-electron chi connectivity index (χ0n) is 7.51. The molecule has 4 heteroatoms. The van der Waals surface area contributed by atoms with Crippen LogP contribution in [0.4, 0.5) is 8.78 Å². The van der Waals surface area contributed by atoms with Crippen LogP contribution in [0.5, 0.6) is 0 Å². The van der Waals surface area contributed by atoms with Gasteiger partial charge in [0.15, 0.2) is 0 Å². The van der Waals surface area contributed by atoms with Gasteiger partial charge in [0.05, 0.1) is 5.38 Å². The van der Waals surface area contributed by atoms with Crippen molar-refractivity contribution in [2.45, 2.75) is 6.43 Å². The predicted molar refractivity (Wildman–Crippen MR) is 58.6 cm³/mol. The molecule has 0 N–H and O–H groups in total. The third kappa shape index (κ3) is 2.03. The Bertz CT molecular complexity index is 465. The van der Waals surface area contributed by atoms with Crippen LogP contribution in [0.3, 0.4) is 0 Å². The van der Waals surface area contributed by atoms with Gasteiger partial charge in [0.1, 0.15) is 0 Å². The fourth-order valence-corrected chi connectivity index (χ4v) is 2.31. The summed E-state index contributed by atoms with van der Waals surface area (Å²) in [6.45, 7) is 0. The lowest BCUT2D eigenvalue weighted by atomic mass is 10.1. The second kappa shape index (κ2) is 4.29. The van der Waals surface area contributed by atoms with Crippen LogP contribution >= 0.6 is 22.9 Å². The Morgan fingerprint density at radius 3 is 2.60 bits per heavy atom. The normalized spacial score (nSPS) is 10.9. The highest BCUT2D eigenvalue weighted by molar-refractivity contribution is 7.08. The Morgan fingerprint density at radius 2 is 1.93 bits per heavy atom. The molecular formula is C11H6ClF2S. The molecule has 0 aliphatic heterocycles. The molecule has 0 aliphatic rings. The molecule has 0 atom stereocenters. The smallest absolute Gasteiger partial charge is 0.205 e. The summed E-state index contributed by atoms with van der Waals surface area (Å²) in [6, 6.07) is 6.95. The van der Waals surface area contributed by atoms with Gasteiger partial charge >= 0.3 is 0 Å². The molecule has 2 rings (SSSR count). The maximum Gasteiger partial charge on any atom is 0.265 e. The summed E-state index contributed by atoms with van der Waals surface area (Å²) in [5, 5.41) is 4.68. The fourth-order valence-electron chi connectivity index (χ4n) is 1.32. The molecule has 1 aromatic carbocycles. The highest BCUT2D eigenvalue weighted by atomic mass is 35.5. The van der Waals surface area contributed by atoms with Gasteiger partial charge < -0.3 is 0 Å². The van der Waals surface area contributed by atoms with Gasteiger partial charge in [-0.2, -0.15) is 0 Å². The van der Waals surface area contributed by atoms with Crippen molar-refractivity contribution in [3.63, 3.8) is 0 Å². The van der Waals surface area contributed by atoms with E-state index in [1.807, 2.05) is 0 Å². The van der Waals surface area contributed by atoms with E-state index in [9.17, 15) is 8.78 Å². The third-order valence-corrected chi connectivity index (χ3v) is 3.04.